The molecule has 1 unspecified atom stereocenters. The van der Waals surface area contributed by atoms with E-state index in [1.54, 1.807) is 6.20 Å². The fraction of sp³-hybridized carbons (Fsp3) is 0.154. The number of hydrogen-bond acceptors (Lipinski definition) is 4. The molecule has 0 spiro atoms. The maximum absolute atomic E-state index is 5.98. The van der Waals surface area contributed by atoms with Gasteiger partial charge in [0.15, 0.2) is 0 Å². The Morgan fingerprint density at radius 3 is 2.83 bits per heavy atom. The second-order valence-corrected chi connectivity index (χ2v) is 4.43. The first-order valence-corrected chi connectivity index (χ1v) is 6.01. The van der Waals surface area contributed by atoms with Crippen LogP contribution in [0.15, 0.2) is 42.6 Å². The Labute approximate surface area is 111 Å². The number of nitrogens with one attached hydrogen (secondary N) is 2. The van der Waals surface area contributed by atoms with Gasteiger partial charge in [0, 0.05) is 29.0 Å². The van der Waals surface area contributed by atoms with Crippen LogP contribution >= 0.6 is 11.6 Å². The molecule has 1 atom stereocenters. The lowest BCUT2D eigenvalue weighted by Crippen LogP contribution is -2.10. The van der Waals surface area contributed by atoms with E-state index in [1.165, 1.54) is 0 Å². The van der Waals surface area contributed by atoms with Crippen LogP contribution in [-0.2, 0) is 0 Å². The van der Waals surface area contributed by atoms with Crippen molar-refractivity contribution in [2.24, 2.45) is 5.84 Å². The highest BCUT2D eigenvalue weighted by atomic mass is 35.5. The number of nitrogen functional groups attached to an aromatic ring is 1. The van der Waals surface area contributed by atoms with E-state index in [0.29, 0.717) is 5.82 Å². The third kappa shape index (κ3) is 3.12. The number of halogens is 1. The van der Waals surface area contributed by atoms with Gasteiger partial charge in [0.05, 0.1) is 0 Å². The molecule has 4 nitrogen and oxygen atoms in total. The molecule has 4 N–H and O–H groups in total. The van der Waals surface area contributed by atoms with Crippen molar-refractivity contribution in [3.05, 3.63) is 53.2 Å². The van der Waals surface area contributed by atoms with Crippen LogP contribution in [0, 0.1) is 0 Å². The molecule has 0 fully saturated rings. The van der Waals surface area contributed by atoms with E-state index in [0.717, 1.165) is 16.3 Å². The molecule has 0 radical (unpaired) electrons. The Kier molecular flexibility index (Phi) is 4.02. The van der Waals surface area contributed by atoms with E-state index in [2.05, 4.69) is 22.7 Å². The number of hydrazine groups is 1. The van der Waals surface area contributed by atoms with Gasteiger partial charge in [-0.15, -0.1) is 0 Å². The highest BCUT2D eigenvalue weighted by molar-refractivity contribution is 6.30. The van der Waals surface area contributed by atoms with Crippen molar-refractivity contribution in [3.8, 4) is 0 Å². The minimum Gasteiger partial charge on any atom is -0.378 e. The lowest BCUT2D eigenvalue weighted by Gasteiger charge is -2.16. The van der Waals surface area contributed by atoms with Gasteiger partial charge in [0.2, 0.25) is 0 Å². The predicted molar refractivity (Wildman–Crippen MR) is 75.5 cm³/mol. The largest absolute Gasteiger partial charge is 0.378 e. The Morgan fingerprint density at radius 2 is 2.11 bits per heavy atom. The summed E-state index contributed by atoms with van der Waals surface area (Å²) in [6.07, 6.45) is 1.70. The fourth-order valence-electron chi connectivity index (χ4n) is 1.71. The Bertz CT molecular complexity index is 530. The Hall–Kier alpha value is -1.78. The summed E-state index contributed by atoms with van der Waals surface area (Å²) in [4.78, 5) is 4.05. The van der Waals surface area contributed by atoms with Gasteiger partial charge in [-0.3, -0.25) is 0 Å². The van der Waals surface area contributed by atoms with Gasteiger partial charge in [0.25, 0.3) is 0 Å². The van der Waals surface area contributed by atoms with Gasteiger partial charge in [-0.1, -0.05) is 23.7 Å². The molecule has 2 aromatic rings. The average Bonchev–Trinajstić information content (AvgIpc) is 2.39. The summed E-state index contributed by atoms with van der Waals surface area (Å²) in [6.45, 7) is 2.07. The minimum absolute atomic E-state index is 0.150. The van der Waals surface area contributed by atoms with Crippen molar-refractivity contribution < 1.29 is 0 Å². The minimum atomic E-state index is 0.150. The van der Waals surface area contributed by atoms with E-state index in [1.807, 2.05) is 36.4 Å². The van der Waals surface area contributed by atoms with Crippen LogP contribution in [0.25, 0.3) is 0 Å². The van der Waals surface area contributed by atoms with Crippen LogP contribution in [0.1, 0.15) is 18.5 Å². The van der Waals surface area contributed by atoms with Crippen LogP contribution in [0.4, 0.5) is 11.5 Å². The van der Waals surface area contributed by atoms with Crippen LogP contribution in [0.5, 0.6) is 0 Å². The summed E-state index contributed by atoms with van der Waals surface area (Å²) in [5, 5.41) is 4.10. The number of nitrogens with two attached hydrogens (primary N) is 1. The van der Waals surface area contributed by atoms with Crippen molar-refractivity contribution in [1.82, 2.24) is 4.98 Å². The fourth-order valence-corrected chi connectivity index (χ4v) is 1.91. The summed E-state index contributed by atoms with van der Waals surface area (Å²) < 4.78 is 0. The zero-order chi connectivity index (χ0) is 13.0. The number of anilines is 2. The standard InChI is InChI=1S/C13H15ClN4/c1-9(10-3-2-4-11(14)7-10)17-12-5-6-16-13(8-12)18-15/h2-9H,15H2,1H3,(H2,16,17,18). The van der Waals surface area contributed by atoms with Crippen LogP contribution in [-0.4, -0.2) is 4.98 Å². The zero-order valence-corrected chi connectivity index (χ0v) is 10.8. The van der Waals surface area contributed by atoms with Crippen molar-refractivity contribution in [2.45, 2.75) is 13.0 Å². The monoisotopic (exact) mass is 262 g/mol. The first kappa shape index (κ1) is 12.7. The third-order valence-corrected chi connectivity index (χ3v) is 2.87. The highest BCUT2D eigenvalue weighted by Crippen LogP contribution is 2.22. The highest BCUT2D eigenvalue weighted by Gasteiger charge is 2.06. The van der Waals surface area contributed by atoms with Crippen molar-refractivity contribution >= 4 is 23.1 Å². The number of pyridine rings is 1. The number of benzene rings is 1. The number of rotatable bonds is 4. The molecule has 5 heteroatoms. The van der Waals surface area contributed by atoms with Crippen molar-refractivity contribution in [2.75, 3.05) is 10.7 Å². The molecule has 0 saturated carbocycles. The van der Waals surface area contributed by atoms with E-state index in [4.69, 9.17) is 17.4 Å². The van der Waals surface area contributed by atoms with E-state index >= 15 is 0 Å². The van der Waals surface area contributed by atoms with Gasteiger partial charge in [0.1, 0.15) is 5.82 Å². The molecule has 0 bridgehead atoms. The summed E-state index contributed by atoms with van der Waals surface area (Å²) in [5.74, 6) is 5.95. The van der Waals surface area contributed by atoms with Crippen LogP contribution in [0.2, 0.25) is 5.02 Å². The molecular formula is C13H15ClN4. The Morgan fingerprint density at radius 1 is 1.28 bits per heavy atom. The first-order chi connectivity index (χ1) is 8.69. The summed E-state index contributed by atoms with van der Waals surface area (Å²) in [5.41, 5.74) is 4.59. The SMILES string of the molecule is CC(Nc1ccnc(NN)c1)c1cccc(Cl)c1. The van der Waals surface area contributed by atoms with Crippen LogP contribution in [0.3, 0.4) is 0 Å². The number of nitrogens with zero attached hydrogens (tertiary/aromatic N) is 1. The average molecular weight is 263 g/mol. The van der Waals surface area contributed by atoms with E-state index < -0.39 is 0 Å². The Balaban J connectivity index is 2.13. The zero-order valence-electron chi connectivity index (χ0n) is 10.0. The molecule has 0 saturated heterocycles. The number of aromatic nitrogens is 1. The molecule has 1 heterocycles. The molecule has 2 rings (SSSR count). The molecule has 0 aliphatic heterocycles. The predicted octanol–water partition coefficient (Wildman–Crippen LogP) is 3.19. The quantitative estimate of drug-likeness (QED) is 0.585. The van der Waals surface area contributed by atoms with Gasteiger partial charge >= 0.3 is 0 Å². The topological polar surface area (TPSA) is 63.0 Å². The first-order valence-electron chi connectivity index (χ1n) is 5.63. The van der Waals surface area contributed by atoms with Crippen LogP contribution < -0.4 is 16.6 Å². The lowest BCUT2D eigenvalue weighted by molar-refractivity contribution is 0.884. The smallest absolute Gasteiger partial charge is 0.141 e. The maximum Gasteiger partial charge on any atom is 0.141 e. The summed E-state index contributed by atoms with van der Waals surface area (Å²) >= 11 is 5.98. The lowest BCUT2D eigenvalue weighted by atomic mass is 10.1. The molecular weight excluding hydrogens is 248 g/mol. The molecule has 1 aromatic heterocycles. The second kappa shape index (κ2) is 5.71. The molecule has 1 aromatic carbocycles. The molecule has 0 aliphatic rings. The van der Waals surface area contributed by atoms with Gasteiger partial charge in [-0.25, -0.2) is 10.8 Å². The normalized spacial score (nSPS) is 11.9. The molecule has 0 aliphatic carbocycles. The van der Waals surface area contributed by atoms with Gasteiger partial charge < -0.3 is 10.7 Å². The van der Waals surface area contributed by atoms with E-state index in [-0.39, 0.29) is 6.04 Å². The van der Waals surface area contributed by atoms with E-state index in [9.17, 15) is 0 Å². The molecule has 18 heavy (non-hydrogen) atoms. The second-order valence-electron chi connectivity index (χ2n) is 4.00. The van der Waals surface area contributed by atoms with Crippen molar-refractivity contribution in [1.29, 1.82) is 0 Å². The number of hydrogen-bond donors (Lipinski definition) is 3. The van der Waals surface area contributed by atoms with Gasteiger partial charge in [-0.2, -0.15) is 0 Å². The van der Waals surface area contributed by atoms with Gasteiger partial charge in [-0.05, 0) is 30.7 Å². The third-order valence-electron chi connectivity index (χ3n) is 2.64. The van der Waals surface area contributed by atoms with Crippen molar-refractivity contribution in [3.63, 3.8) is 0 Å². The summed E-state index contributed by atoms with van der Waals surface area (Å²) in [7, 11) is 0. The summed E-state index contributed by atoms with van der Waals surface area (Å²) in [6, 6.07) is 11.7. The molecule has 0 amide bonds. The molecule has 94 valence electrons. The maximum atomic E-state index is 5.98.